The molecular formula is C37H39ClN8. The summed E-state index contributed by atoms with van der Waals surface area (Å²) in [5, 5.41) is 28.1. The molecule has 0 amide bonds. The van der Waals surface area contributed by atoms with Gasteiger partial charge < -0.3 is 10.6 Å². The molecule has 8 nitrogen and oxygen atoms in total. The smallest absolute Gasteiger partial charge is 0.109 e. The van der Waals surface area contributed by atoms with Crippen LogP contribution in [0.4, 0.5) is 11.4 Å². The molecule has 9 heteroatoms. The van der Waals surface area contributed by atoms with Crippen LogP contribution in [0, 0.1) is 11.3 Å². The van der Waals surface area contributed by atoms with Crippen LogP contribution in [-0.2, 0) is 6.42 Å². The predicted octanol–water partition coefficient (Wildman–Crippen LogP) is 8.09. The molecule has 0 bridgehead atoms. The molecule has 7 rings (SSSR count). The zero-order chi connectivity index (χ0) is 31.8. The maximum absolute atomic E-state index is 10.1. The van der Waals surface area contributed by atoms with Crippen molar-refractivity contribution in [3.8, 4) is 6.07 Å². The molecule has 3 heterocycles. The molecule has 2 N–H and O–H groups in total. The number of benzene rings is 3. The summed E-state index contributed by atoms with van der Waals surface area (Å²) >= 11 is 6.90. The summed E-state index contributed by atoms with van der Waals surface area (Å²) in [5.41, 5.74) is 7.40. The lowest BCUT2D eigenvalue weighted by molar-refractivity contribution is 0.0866. The first kappa shape index (κ1) is 30.2. The lowest BCUT2D eigenvalue weighted by atomic mass is 9.98. The molecule has 0 unspecified atom stereocenters. The number of hydrogen-bond acceptors (Lipinski definition) is 7. The number of pyridine rings is 1. The number of nitrogens with one attached hydrogen (secondary N) is 2. The molecule has 0 saturated carbocycles. The fourth-order valence-corrected chi connectivity index (χ4v) is 7.28. The number of anilines is 2. The summed E-state index contributed by atoms with van der Waals surface area (Å²) in [7, 11) is 0. The predicted molar refractivity (Wildman–Crippen MR) is 184 cm³/mol. The largest absolute Gasteiger partial charge is 0.377 e. The SMILES string of the molecule is CC(C)(C)N1CCC(n2cc([C@@H](Nc3cc(Cl)c4ncc(C#N)c(N[C@@H]5CCc6ccccc65)c4c3)c3ccccc3)nn2)CC1. The van der Waals surface area contributed by atoms with E-state index in [0.717, 1.165) is 66.8 Å². The highest BCUT2D eigenvalue weighted by Crippen LogP contribution is 2.40. The number of rotatable bonds is 7. The summed E-state index contributed by atoms with van der Waals surface area (Å²) in [5.74, 6) is 0. The molecule has 5 aromatic rings. The molecule has 2 aromatic heterocycles. The summed E-state index contributed by atoms with van der Waals surface area (Å²) in [6, 6.07) is 25.2. The minimum atomic E-state index is -0.261. The highest BCUT2D eigenvalue weighted by Gasteiger charge is 2.29. The summed E-state index contributed by atoms with van der Waals surface area (Å²) in [6.07, 6.45) is 7.74. The van der Waals surface area contributed by atoms with Crippen molar-refractivity contribution in [1.29, 1.82) is 5.26 Å². The van der Waals surface area contributed by atoms with E-state index in [1.807, 2.05) is 35.0 Å². The topological polar surface area (TPSA) is 94.7 Å². The Morgan fingerprint density at radius 1 is 1.00 bits per heavy atom. The zero-order valence-electron chi connectivity index (χ0n) is 26.5. The lowest BCUT2D eigenvalue weighted by Crippen LogP contribution is -2.46. The Morgan fingerprint density at radius 2 is 1.76 bits per heavy atom. The van der Waals surface area contributed by atoms with Crippen molar-refractivity contribution in [1.82, 2.24) is 24.9 Å². The van der Waals surface area contributed by atoms with E-state index in [9.17, 15) is 5.26 Å². The second-order valence-corrected chi connectivity index (χ2v) is 13.9. The van der Waals surface area contributed by atoms with E-state index in [0.29, 0.717) is 22.1 Å². The van der Waals surface area contributed by atoms with E-state index in [4.69, 9.17) is 11.6 Å². The van der Waals surface area contributed by atoms with Gasteiger partial charge >= 0.3 is 0 Å². The minimum Gasteiger partial charge on any atom is -0.377 e. The van der Waals surface area contributed by atoms with E-state index in [2.05, 4.69) is 100 Å². The van der Waals surface area contributed by atoms with E-state index < -0.39 is 0 Å². The number of aryl methyl sites for hydroxylation is 1. The van der Waals surface area contributed by atoms with Crippen LogP contribution in [0.2, 0.25) is 5.02 Å². The molecular weight excluding hydrogens is 592 g/mol. The number of nitriles is 1. The van der Waals surface area contributed by atoms with E-state index in [1.54, 1.807) is 6.20 Å². The average Bonchev–Trinajstić information content (AvgIpc) is 3.72. The third-order valence-corrected chi connectivity index (χ3v) is 9.84. The monoisotopic (exact) mass is 630 g/mol. The quantitative estimate of drug-likeness (QED) is 0.188. The third-order valence-electron chi connectivity index (χ3n) is 9.55. The van der Waals surface area contributed by atoms with Crippen molar-refractivity contribution in [3.63, 3.8) is 0 Å². The van der Waals surface area contributed by atoms with Crippen LogP contribution in [0.25, 0.3) is 10.9 Å². The van der Waals surface area contributed by atoms with Gasteiger partial charge in [0.15, 0.2) is 0 Å². The maximum atomic E-state index is 10.1. The molecule has 1 aliphatic heterocycles. The molecule has 46 heavy (non-hydrogen) atoms. The number of halogens is 1. The highest BCUT2D eigenvalue weighted by molar-refractivity contribution is 6.35. The van der Waals surface area contributed by atoms with Crippen LogP contribution >= 0.6 is 11.6 Å². The molecule has 0 spiro atoms. The molecule has 2 atom stereocenters. The normalized spacial score (nSPS) is 17.8. The van der Waals surface area contributed by atoms with Crippen LogP contribution in [-0.4, -0.2) is 43.5 Å². The number of fused-ring (bicyclic) bond motifs is 2. The Balaban J connectivity index is 1.22. The van der Waals surface area contributed by atoms with E-state index in [-0.39, 0.29) is 17.6 Å². The van der Waals surface area contributed by atoms with Crippen molar-refractivity contribution in [2.75, 3.05) is 23.7 Å². The molecule has 3 aromatic carbocycles. The fourth-order valence-electron chi connectivity index (χ4n) is 7.01. The van der Waals surface area contributed by atoms with Crippen molar-refractivity contribution in [3.05, 3.63) is 112 Å². The number of hydrogen-bond donors (Lipinski definition) is 2. The van der Waals surface area contributed by atoms with Crippen molar-refractivity contribution >= 4 is 33.9 Å². The lowest BCUT2D eigenvalue weighted by Gasteiger charge is -2.40. The first-order chi connectivity index (χ1) is 22.3. The second kappa shape index (κ2) is 12.4. The van der Waals surface area contributed by atoms with E-state index >= 15 is 0 Å². The second-order valence-electron chi connectivity index (χ2n) is 13.4. The molecule has 1 saturated heterocycles. The minimum absolute atomic E-state index is 0.103. The molecule has 234 valence electrons. The van der Waals surface area contributed by atoms with Crippen LogP contribution < -0.4 is 10.6 Å². The van der Waals surface area contributed by atoms with Gasteiger partial charge in [-0.3, -0.25) is 9.88 Å². The third kappa shape index (κ3) is 5.93. The van der Waals surface area contributed by atoms with Gasteiger partial charge in [-0.1, -0.05) is 71.4 Å². The van der Waals surface area contributed by atoms with Crippen LogP contribution in [0.5, 0.6) is 0 Å². The van der Waals surface area contributed by atoms with Gasteiger partial charge in [-0.15, -0.1) is 5.10 Å². The molecule has 2 aliphatic rings. The van der Waals surface area contributed by atoms with Gasteiger partial charge in [-0.25, -0.2) is 4.68 Å². The summed E-state index contributed by atoms with van der Waals surface area (Å²) < 4.78 is 2.05. The number of aromatic nitrogens is 4. The number of likely N-dealkylation sites (tertiary alicyclic amines) is 1. The maximum Gasteiger partial charge on any atom is 0.109 e. The van der Waals surface area contributed by atoms with Gasteiger partial charge in [0.25, 0.3) is 0 Å². The van der Waals surface area contributed by atoms with Crippen molar-refractivity contribution < 1.29 is 0 Å². The van der Waals surface area contributed by atoms with Gasteiger partial charge in [0.2, 0.25) is 0 Å². The van der Waals surface area contributed by atoms with Crippen molar-refractivity contribution in [2.24, 2.45) is 0 Å². The molecule has 0 radical (unpaired) electrons. The highest BCUT2D eigenvalue weighted by atomic mass is 35.5. The van der Waals surface area contributed by atoms with Gasteiger partial charge in [-0.2, -0.15) is 5.26 Å². The molecule has 1 aliphatic carbocycles. The Morgan fingerprint density at radius 3 is 2.52 bits per heavy atom. The summed E-state index contributed by atoms with van der Waals surface area (Å²) in [4.78, 5) is 7.13. The number of nitrogens with zero attached hydrogens (tertiary/aromatic N) is 6. The Hall–Kier alpha value is -4.45. The van der Waals surface area contributed by atoms with Gasteiger partial charge in [-0.05, 0) is 75.3 Å². The number of piperidine rings is 1. The first-order valence-electron chi connectivity index (χ1n) is 16.1. The summed E-state index contributed by atoms with van der Waals surface area (Å²) in [6.45, 7) is 8.92. The standard InChI is InChI=1S/C37H39ClN8/c1-37(2,3)45-17-15-28(16-18-45)46-23-33(43-44-46)35(25-10-5-4-6-11-25)41-27-19-30-34(26(21-39)22-40-36(30)31(38)20-27)42-32-14-13-24-9-7-8-12-29(24)32/h4-12,19-20,22-23,28,32,35,41H,13-18H2,1-3H3,(H,40,42)/t32-,35+/m1/s1. The zero-order valence-corrected chi connectivity index (χ0v) is 27.3. The van der Waals surface area contributed by atoms with Gasteiger partial charge in [0.1, 0.15) is 11.8 Å². The van der Waals surface area contributed by atoms with Crippen LogP contribution in [0.15, 0.2) is 79.1 Å². The average molecular weight is 631 g/mol. The van der Waals surface area contributed by atoms with Gasteiger partial charge in [0, 0.05) is 35.9 Å². The fraction of sp³-hybridized carbons (Fsp3) is 0.351. The molecule has 1 fully saturated rings. The first-order valence-corrected chi connectivity index (χ1v) is 16.5. The Kier molecular flexibility index (Phi) is 8.14. The Bertz CT molecular complexity index is 1900. The Labute approximate surface area is 275 Å². The van der Waals surface area contributed by atoms with Crippen molar-refractivity contribution in [2.45, 2.75) is 70.1 Å². The van der Waals surface area contributed by atoms with Gasteiger partial charge in [0.05, 0.1) is 46.1 Å². The van der Waals surface area contributed by atoms with Crippen LogP contribution in [0.1, 0.15) is 86.1 Å². The van der Waals surface area contributed by atoms with E-state index in [1.165, 1.54) is 11.1 Å². The van der Waals surface area contributed by atoms with Crippen LogP contribution in [0.3, 0.4) is 0 Å².